The van der Waals surface area contributed by atoms with Crippen LogP contribution in [0.5, 0.6) is 0 Å². The van der Waals surface area contributed by atoms with Gasteiger partial charge >= 0.3 is 24.2 Å². The first-order valence-electron chi connectivity index (χ1n) is 36.8. The Morgan fingerprint density at radius 1 is 0.373 bits per heavy atom. The van der Waals surface area contributed by atoms with Gasteiger partial charge in [0.25, 0.3) is 0 Å². The maximum atomic E-state index is 12.4. The molecule has 6 rings (SSSR count). The van der Waals surface area contributed by atoms with Crippen LogP contribution >= 0.6 is 0 Å². The largest absolute Gasteiger partial charge is 0.449 e. The Balaban J connectivity index is 0.000000744. The van der Waals surface area contributed by atoms with Gasteiger partial charge in [-0.2, -0.15) is 9.98 Å². The molecular weight excluding hydrogens is 1380 g/mol. The summed E-state index contributed by atoms with van der Waals surface area (Å²) in [6.07, 6.45) is 4.60. The molecule has 110 heavy (non-hydrogen) atoms. The molecule has 12 N–H and O–H groups in total. The van der Waals surface area contributed by atoms with Gasteiger partial charge in [0.15, 0.2) is 0 Å². The van der Waals surface area contributed by atoms with E-state index in [1.165, 1.54) is 0 Å². The molecule has 6 aromatic rings. The van der Waals surface area contributed by atoms with Crippen molar-refractivity contribution >= 4 is 69.8 Å². The lowest BCUT2D eigenvalue weighted by molar-refractivity contribution is 0.110. The van der Waals surface area contributed by atoms with Crippen molar-refractivity contribution in [2.75, 3.05) is 52.6 Å². The minimum Gasteiger partial charge on any atom is -0.449 e. The second-order valence-corrected chi connectivity index (χ2v) is 29.9. The van der Waals surface area contributed by atoms with Crippen LogP contribution in [0, 0.1) is 0 Å². The third-order valence-corrected chi connectivity index (χ3v) is 17.2. The number of aliphatic hydroxyl groups is 2. The zero-order valence-electron chi connectivity index (χ0n) is 68.8. The number of isocyanates is 2. The van der Waals surface area contributed by atoms with Crippen molar-refractivity contribution in [3.8, 4) is 0 Å². The maximum Gasteiger partial charge on any atom is 0.407 e. The Morgan fingerprint density at radius 3 is 0.818 bits per heavy atom. The van der Waals surface area contributed by atoms with Crippen molar-refractivity contribution in [1.29, 1.82) is 0 Å². The van der Waals surface area contributed by atoms with Gasteiger partial charge in [0.2, 0.25) is 12.2 Å². The second-order valence-electron chi connectivity index (χ2n) is 29.9. The summed E-state index contributed by atoms with van der Waals surface area (Å²) in [5, 5.41) is 33.3. The number of carbonyl (C=O) groups is 4. The number of nitrogens with zero attached hydrogens (tertiary/aromatic N) is 2. The van der Waals surface area contributed by atoms with Crippen molar-refractivity contribution in [3.05, 3.63) is 252 Å². The summed E-state index contributed by atoms with van der Waals surface area (Å²) in [7, 11) is 0. The fourth-order valence-corrected chi connectivity index (χ4v) is 9.98. The number of hydrogen-bond donors (Lipinski definition) is 10. The first-order chi connectivity index (χ1) is 51.4. The number of aliphatic imine (C=N–C) groups is 2. The van der Waals surface area contributed by atoms with E-state index in [0.29, 0.717) is 32.4 Å². The van der Waals surface area contributed by atoms with E-state index in [9.17, 15) is 28.8 Å². The van der Waals surface area contributed by atoms with Gasteiger partial charge in [-0.15, -0.1) is 0 Å². The van der Waals surface area contributed by atoms with E-state index in [0.717, 1.165) is 120 Å². The zero-order chi connectivity index (χ0) is 83.6. The third kappa shape index (κ3) is 36.6. The molecule has 0 aromatic heterocycles. The Labute approximate surface area is 656 Å². The first-order valence-corrected chi connectivity index (χ1v) is 36.8. The molecule has 0 atom stereocenters. The predicted molar refractivity (Wildman–Crippen MR) is 454 cm³/mol. The fraction of sp³-hybridized carbons (Fsp3) is 0.400. The zero-order valence-corrected chi connectivity index (χ0v) is 68.8. The lowest BCUT2D eigenvalue weighted by atomic mass is 9.92. The molecular formula is C90H126N10O10. The van der Waals surface area contributed by atoms with Crippen molar-refractivity contribution in [1.82, 2.24) is 31.9 Å². The molecule has 0 aliphatic rings. The van der Waals surface area contributed by atoms with E-state index in [-0.39, 0.29) is 38.5 Å². The number of urea groups is 2. The number of aliphatic hydroxyl groups excluding tert-OH is 2. The SMILES string of the molecule is C=C(C)c1cccc(C(C)(C)N=C=O)c1.C=C(C)c1cccc(C(C)(C)N=C=O)c1.C=C(C)c1cccc(C(C)(C)NC(=O)NCCCNC(=O)NC(C)(C)c2cccc(C(=C)C)c2)c1.C=C(C)c1cccc(C(C)(C)NC(=O)OCCCOC(=O)NC(C)(C)c2cccc(C(=C)C)c2)c1.NCCCN.OCCCO. The van der Waals surface area contributed by atoms with E-state index in [4.69, 9.17) is 31.2 Å². The highest BCUT2D eigenvalue weighted by Crippen LogP contribution is 2.31. The highest BCUT2D eigenvalue weighted by molar-refractivity contribution is 5.76. The standard InChI is InChI=1S/C29H40N4O2.C29H38N2O4.2C13H15NO.C3H10N2.C3H8O2/c1-20(2)22-12-9-14-24(18-22)28(5,6)32-26(34)30-16-11-17-31-27(35)33-29(7,8)25-15-10-13-23(19-25)21(3)4;1-20(2)22-12-9-14-24(18-22)28(5,6)30-26(32)34-16-11-17-35-27(33)31-29(7,8)25-15-10-13-23(19-25)21(3)4;2*1-10(2)11-6-5-7-12(8-11)13(3,4)14-9-15;2*4-2-1-3-5/h9-10,12-15,18-19H,1,3,11,16-17H2,2,4-8H3,(H2,30,32,34)(H2,31,33,35);9-10,12-15,18-19H,1,3,11,16-17H2,2,4-8H3,(H,30,32)(H,31,33);2*5-8H,1H2,2-4H3;1-5H2;4-5H,1-3H2. The van der Waals surface area contributed by atoms with Gasteiger partial charge in [-0.1, -0.05) is 182 Å². The van der Waals surface area contributed by atoms with Crippen molar-refractivity contribution < 1.29 is 48.5 Å². The van der Waals surface area contributed by atoms with Crippen LogP contribution in [0.2, 0.25) is 0 Å². The summed E-state index contributed by atoms with van der Waals surface area (Å²) in [4.78, 5) is 77.6. The quantitative estimate of drug-likeness (QED) is 0.0114. The summed E-state index contributed by atoms with van der Waals surface area (Å²) in [5.41, 5.74) is 24.8. The molecule has 6 amide bonds. The number of nitrogens with two attached hydrogens (primary N) is 2. The van der Waals surface area contributed by atoms with E-state index >= 15 is 0 Å². The lowest BCUT2D eigenvalue weighted by Crippen LogP contribution is -2.48. The molecule has 0 fully saturated rings. The van der Waals surface area contributed by atoms with Gasteiger partial charge in [0.05, 0.1) is 46.4 Å². The van der Waals surface area contributed by atoms with Crippen molar-refractivity contribution in [2.24, 2.45) is 21.5 Å². The number of hydrogen-bond acceptors (Lipinski definition) is 14. The van der Waals surface area contributed by atoms with Gasteiger partial charge < -0.3 is 63.1 Å². The minimum absolute atomic E-state index is 0.0938. The molecule has 6 aromatic carbocycles. The summed E-state index contributed by atoms with van der Waals surface area (Å²) in [6.45, 7) is 61.2. The third-order valence-electron chi connectivity index (χ3n) is 17.2. The van der Waals surface area contributed by atoms with Gasteiger partial charge in [-0.05, 0) is 260 Å². The molecule has 0 bridgehead atoms. The van der Waals surface area contributed by atoms with Gasteiger partial charge in [-0.25, -0.2) is 28.8 Å². The molecule has 20 heteroatoms. The normalized spacial score (nSPS) is 10.9. The summed E-state index contributed by atoms with van der Waals surface area (Å²) >= 11 is 0. The van der Waals surface area contributed by atoms with Crippen molar-refractivity contribution in [3.63, 3.8) is 0 Å². The van der Waals surface area contributed by atoms with Gasteiger partial charge in [0.1, 0.15) is 0 Å². The topological polar surface area (TPSA) is 310 Å². The lowest BCUT2D eigenvalue weighted by Gasteiger charge is -2.28. The predicted octanol–water partition coefficient (Wildman–Crippen LogP) is 17.9. The molecule has 20 nitrogen and oxygen atoms in total. The van der Waals surface area contributed by atoms with E-state index in [1.807, 2.05) is 270 Å². The summed E-state index contributed by atoms with van der Waals surface area (Å²) < 4.78 is 10.6. The van der Waals surface area contributed by atoms with Crippen LogP contribution in [0.3, 0.4) is 0 Å². The fourth-order valence-electron chi connectivity index (χ4n) is 9.98. The molecule has 0 saturated heterocycles. The van der Waals surface area contributed by atoms with Crippen LogP contribution in [0.4, 0.5) is 19.2 Å². The molecule has 0 heterocycles. The second kappa shape index (κ2) is 48.1. The van der Waals surface area contributed by atoms with E-state index < -0.39 is 45.4 Å². The number of ether oxygens (including phenoxy) is 2. The smallest absolute Gasteiger partial charge is 0.407 e. The van der Waals surface area contributed by atoms with Gasteiger partial charge in [0, 0.05) is 32.7 Å². The Bertz CT molecular complexity index is 3700. The average molecular weight is 1510 g/mol. The summed E-state index contributed by atoms with van der Waals surface area (Å²) in [6, 6.07) is 47.1. The maximum absolute atomic E-state index is 12.4. The number of rotatable bonds is 30. The molecule has 0 saturated carbocycles. The molecule has 0 aliphatic carbocycles. The molecule has 0 unspecified atom stereocenters. The van der Waals surface area contributed by atoms with E-state index in [2.05, 4.69) is 81.4 Å². The van der Waals surface area contributed by atoms with E-state index in [1.54, 1.807) is 12.2 Å². The highest BCUT2D eigenvalue weighted by atomic mass is 16.6. The molecule has 0 radical (unpaired) electrons. The number of carbonyl (C=O) groups excluding carboxylic acids is 6. The van der Waals surface area contributed by atoms with Crippen LogP contribution in [-0.4, -0.2) is 99.2 Å². The monoisotopic (exact) mass is 1510 g/mol. The van der Waals surface area contributed by atoms with Crippen LogP contribution in [0.25, 0.3) is 33.4 Å². The minimum atomic E-state index is -0.619. The van der Waals surface area contributed by atoms with Crippen LogP contribution in [-0.2, 0) is 52.3 Å². The number of allylic oxidation sites excluding steroid dienone is 6. The van der Waals surface area contributed by atoms with Crippen LogP contribution < -0.4 is 43.4 Å². The number of benzene rings is 6. The summed E-state index contributed by atoms with van der Waals surface area (Å²) in [5.74, 6) is 0. The Morgan fingerprint density at radius 2 is 0.609 bits per heavy atom. The first kappa shape index (κ1) is 97.5. The Hall–Kier alpha value is -10.6. The Kier molecular flexibility index (Phi) is 42.6. The molecule has 0 aliphatic heterocycles. The molecule has 596 valence electrons. The van der Waals surface area contributed by atoms with Crippen molar-refractivity contribution in [2.45, 2.75) is 184 Å². The average Bonchev–Trinajstić information content (AvgIpc) is 0.868. The number of nitrogens with one attached hydrogen (secondary N) is 6. The number of alkyl carbamates (subject to hydrolysis) is 2. The van der Waals surface area contributed by atoms with Crippen LogP contribution in [0.15, 0.2) is 195 Å². The highest BCUT2D eigenvalue weighted by Gasteiger charge is 2.28. The number of amides is 6. The molecule has 0 spiro atoms. The van der Waals surface area contributed by atoms with Crippen LogP contribution in [0.1, 0.15) is 217 Å². The van der Waals surface area contributed by atoms with Gasteiger partial charge in [-0.3, -0.25) is 0 Å².